The van der Waals surface area contributed by atoms with Gasteiger partial charge in [0, 0.05) is 51.1 Å². The zero-order chi connectivity index (χ0) is 27.9. The van der Waals surface area contributed by atoms with Crippen molar-refractivity contribution in [2.24, 2.45) is 11.7 Å². The first-order valence-corrected chi connectivity index (χ1v) is 14.1. The normalized spacial score (nSPS) is 22.5. The first-order chi connectivity index (χ1) is 18.9. The van der Waals surface area contributed by atoms with E-state index in [9.17, 15) is 19.5 Å². The lowest BCUT2D eigenvalue weighted by Crippen LogP contribution is -2.46. The summed E-state index contributed by atoms with van der Waals surface area (Å²) in [5.74, 6) is -0.483. The van der Waals surface area contributed by atoms with E-state index in [1.54, 1.807) is 0 Å². The van der Waals surface area contributed by atoms with Crippen LogP contribution in [0, 0.1) is 5.92 Å². The fourth-order valence-corrected chi connectivity index (χ4v) is 6.05. The fourth-order valence-electron chi connectivity index (χ4n) is 6.05. The number of likely N-dealkylation sites (tertiary alicyclic amines) is 2. The summed E-state index contributed by atoms with van der Waals surface area (Å²) >= 11 is 0. The average molecular weight is 547 g/mol. The van der Waals surface area contributed by atoms with Gasteiger partial charge < -0.3 is 34.9 Å². The molecule has 0 unspecified atom stereocenters. The summed E-state index contributed by atoms with van der Waals surface area (Å²) < 4.78 is 16.7. The van der Waals surface area contributed by atoms with E-state index in [0.29, 0.717) is 75.8 Å². The zero-order valence-electron chi connectivity index (χ0n) is 23.1. The lowest BCUT2D eigenvalue weighted by atomic mass is 9.84. The fraction of sp³-hybridized carbons (Fsp3) is 0.679. The highest BCUT2D eigenvalue weighted by molar-refractivity contribution is 5.79. The number of nitrogens with two attached hydrogens (primary N) is 1. The molecule has 3 aliphatic heterocycles. The van der Waals surface area contributed by atoms with Gasteiger partial charge in [0.15, 0.2) is 11.5 Å². The van der Waals surface area contributed by atoms with Crippen LogP contribution in [0.1, 0.15) is 56.9 Å². The van der Waals surface area contributed by atoms with Crippen LogP contribution >= 0.6 is 0 Å². The second-order valence-electron chi connectivity index (χ2n) is 10.6. The molecule has 1 aromatic carbocycles. The molecule has 0 radical (unpaired) electrons. The van der Waals surface area contributed by atoms with Crippen molar-refractivity contribution in [3.05, 3.63) is 17.7 Å². The van der Waals surface area contributed by atoms with E-state index in [1.807, 2.05) is 26.8 Å². The Balaban J connectivity index is 1.62. The summed E-state index contributed by atoms with van der Waals surface area (Å²) in [5, 5.41) is 10.5. The van der Waals surface area contributed by atoms with Crippen molar-refractivity contribution in [2.75, 3.05) is 59.7 Å². The predicted molar refractivity (Wildman–Crippen MR) is 144 cm³/mol. The Hall–Kier alpha value is -3.05. The molecule has 0 saturated carbocycles. The minimum absolute atomic E-state index is 0.0211. The SMILES string of the molecule is CCCCN(CCCN)C(=O)CN1C[C@H](c2cc(OC)c3c(c2)OCO3)[C@@H](C(=O)O)[C@@H]1CCN1CCCC1=O. The predicted octanol–water partition coefficient (Wildman–Crippen LogP) is 1.88. The summed E-state index contributed by atoms with van der Waals surface area (Å²) in [6.07, 6.45) is 4.41. The van der Waals surface area contributed by atoms with Crippen molar-refractivity contribution < 1.29 is 33.7 Å². The molecule has 0 aliphatic carbocycles. The Morgan fingerprint density at radius 1 is 1.23 bits per heavy atom. The number of carboxylic acid groups (broad SMARTS) is 1. The molecule has 11 heteroatoms. The maximum Gasteiger partial charge on any atom is 0.308 e. The number of methoxy groups -OCH3 is 1. The van der Waals surface area contributed by atoms with Gasteiger partial charge in [-0.15, -0.1) is 0 Å². The second-order valence-corrected chi connectivity index (χ2v) is 10.6. The Bertz CT molecular complexity index is 1030. The number of aliphatic carboxylic acids is 1. The smallest absolute Gasteiger partial charge is 0.308 e. The van der Waals surface area contributed by atoms with Gasteiger partial charge in [-0.2, -0.15) is 0 Å². The van der Waals surface area contributed by atoms with Crippen molar-refractivity contribution in [2.45, 2.75) is 57.4 Å². The highest BCUT2D eigenvalue weighted by atomic mass is 16.7. The van der Waals surface area contributed by atoms with Crippen LogP contribution in [0.5, 0.6) is 17.2 Å². The van der Waals surface area contributed by atoms with Crippen LogP contribution in [-0.2, 0) is 14.4 Å². The van der Waals surface area contributed by atoms with Gasteiger partial charge in [-0.25, -0.2) is 0 Å². The molecule has 0 aromatic heterocycles. The third-order valence-electron chi connectivity index (χ3n) is 8.11. The van der Waals surface area contributed by atoms with Crippen molar-refractivity contribution >= 4 is 17.8 Å². The number of carbonyl (C=O) groups is 3. The number of hydrogen-bond acceptors (Lipinski definition) is 8. The summed E-state index contributed by atoms with van der Waals surface area (Å²) in [4.78, 5) is 44.3. The number of carbonyl (C=O) groups excluding carboxylic acids is 2. The van der Waals surface area contributed by atoms with Crippen LogP contribution in [0.15, 0.2) is 12.1 Å². The quantitative estimate of drug-likeness (QED) is 0.359. The van der Waals surface area contributed by atoms with Gasteiger partial charge in [-0.3, -0.25) is 19.3 Å². The Morgan fingerprint density at radius 2 is 2.03 bits per heavy atom. The molecule has 39 heavy (non-hydrogen) atoms. The molecule has 2 saturated heterocycles. The van der Waals surface area contributed by atoms with E-state index in [1.165, 1.54) is 7.11 Å². The van der Waals surface area contributed by atoms with Crippen molar-refractivity contribution in [3.8, 4) is 17.2 Å². The first-order valence-electron chi connectivity index (χ1n) is 14.1. The van der Waals surface area contributed by atoms with Crippen LogP contribution in [-0.4, -0.2) is 103 Å². The molecule has 3 heterocycles. The van der Waals surface area contributed by atoms with Gasteiger partial charge in [-0.05, 0) is 49.9 Å². The van der Waals surface area contributed by atoms with Gasteiger partial charge in [-0.1, -0.05) is 13.3 Å². The third kappa shape index (κ3) is 6.58. The molecule has 3 atom stereocenters. The molecule has 3 N–H and O–H groups in total. The first kappa shape index (κ1) is 28.9. The van der Waals surface area contributed by atoms with Gasteiger partial charge >= 0.3 is 5.97 Å². The molecule has 216 valence electrons. The Kier molecular flexibility index (Phi) is 9.90. The number of ether oxygens (including phenoxy) is 3. The largest absolute Gasteiger partial charge is 0.493 e. The number of hydrogen-bond donors (Lipinski definition) is 2. The maximum atomic E-state index is 13.5. The molecule has 1 aromatic rings. The number of unbranched alkanes of at least 4 members (excludes halogenated alkanes) is 1. The Labute approximate surface area is 230 Å². The van der Waals surface area contributed by atoms with E-state index in [0.717, 1.165) is 24.8 Å². The highest BCUT2D eigenvalue weighted by Crippen LogP contribution is 2.47. The van der Waals surface area contributed by atoms with E-state index in [-0.39, 0.29) is 25.2 Å². The van der Waals surface area contributed by atoms with Gasteiger partial charge in [0.1, 0.15) is 0 Å². The molecule has 2 fully saturated rings. The Morgan fingerprint density at radius 3 is 2.69 bits per heavy atom. The second kappa shape index (κ2) is 13.3. The van der Waals surface area contributed by atoms with Crippen LogP contribution < -0.4 is 19.9 Å². The number of nitrogens with zero attached hydrogens (tertiary/aromatic N) is 3. The summed E-state index contributed by atoms with van der Waals surface area (Å²) in [7, 11) is 1.54. The van der Waals surface area contributed by atoms with Crippen molar-refractivity contribution in [1.29, 1.82) is 0 Å². The van der Waals surface area contributed by atoms with E-state index >= 15 is 0 Å². The number of rotatable bonds is 14. The summed E-state index contributed by atoms with van der Waals surface area (Å²) in [6, 6.07) is 3.23. The molecular formula is C28H42N4O7. The van der Waals surface area contributed by atoms with E-state index in [4.69, 9.17) is 19.9 Å². The van der Waals surface area contributed by atoms with Crippen LogP contribution in [0.4, 0.5) is 0 Å². The molecular weight excluding hydrogens is 504 g/mol. The molecule has 0 bridgehead atoms. The minimum Gasteiger partial charge on any atom is -0.493 e. The number of amides is 2. The van der Waals surface area contributed by atoms with Gasteiger partial charge in [0.05, 0.1) is 19.6 Å². The standard InChI is InChI=1S/C28H42N4O7/c1-3-4-10-30(12-6-9-29)25(34)17-32-16-20(19-14-22(37-2)27-23(15-19)38-18-39-27)26(28(35)36)21(32)8-13-31-11-5-7-24(31)33/h14-15,20-21,26H,3-13,16-18,29H2,1-2H3,(H,35,36)/t20-,21+,26-/m1/s1. The molecule has 11 nitrogen and oxygen atoms in total. The molecule has 3 aliphatic rings. The van der Waals surface area contributed by atoms with Crippen molar-refractivity contribution in [1.82, 2.24) is 14.7 Å². The van der Waals surface area contributed by atoms with Gasteiger partial charge in [0.2, 0.25) is 24.4 Å². The highest BCUT2D eigenvalue weighted by Gasteiger charge is 2.48. The van der Waals surface area contributed by atoms with Crippen LogP contribution in [0.25, 0.3) is 0 Å². The average Bonchev–Trinajstić information content (AvgIpc) is 3.65. The summed E-state index contributed by atoms with van der Waals surface area (Å²) in [5.41, 5.74) is 6.49. The monoisotopic (exact) mass is 546 g/mol. The van der Waals surface area contributed by atoms with E-state index in [2.05, 4.69) is 6.92 Å². The van der Waals surface area contributed by atoms with Crippen molar-refractivity contribution in [3.63, 3.8) is 0 Å². The van der Waals surface area contributed by atoms with Crippen LogP contribution in [0.3, 0.4) is 0 Å². The molecule has 2 amide bonds. The number of fused-ring (bicyclic) bond motifs is 1. The minimum atomic E-state index is -0.921. The molecule has 4 rings (SSSR count). The number of carboxylic acids is 1. The number of benzene rings is 1. The van der Waals surface area contributed by atoms with E-state index < -0.39 is 23.8 Å². The zero-order valence-corrected chi connectivity index (χ0v) is 23.1. The maximum absolute atomic E-state index is 13.5. The summed E-state index contributed by atoms with van der Waals surface area (Å²) in [6.45, 7) is 5.58. The lowest BCUT2D eigenvalue weighted by Gasteiger charge is -2.30. The van der Waals surface area contributed by atoms with Gasteiger partial charge in [0.25, 0.3) is 0 Å². The molecule has 0 spiro atoms. The lowest BCUT2D eigenvalue weighted by molar-refractivity contribution is -0.144. The third-order valence-corrected chi connectivity index (χ3v) is 8.11. The topological polar surface area (TPSA) is 135 Å². The van der Waals surface area contributed by atoms with Crippen LogP contribution in [0.2, 0.25) is 0 Å².